The minimum Gasteiger partial charge on any atom is -0.394 e. The summed E-state index contributed by atoms with van der Waals surface area (Å²) in [6.45, 7) is 8.93. The lowest BCUT2D eigenvalue weighted by molar-refractivity contribution is 0.158. The molecule has 0 aliphatic heterocycles. The minimum absolute atomic E-state index is 0.684. The highest BCUT2D eigenvalue weighted by molar-refractivity contribution is 5.64. The van der Waals surface area contributed by atoms with Crippen molar-refractivity contribution in [1.82, 2.24) is 9.78 Å². The molecular formula is C10H20N4O. The number of aryl methyl sites for hydroxylation is 2. The molecule has 5 heteroatoms. The molecule has 0 bridgehead atoms. The van der Waals surface area contributed by atoms with Gasteiger partial charge in [0.25, 0.3) is 0 Å². The quantitative estimate of drug-likeness (QED) is 0.696. The second-order valence-corrected chi connectivity index (χ2v) is 3.29. The van der Waals surface area contributed by atoms with Gasteiger partial charge >= 0.3 is 0 Å². The standard InChI is InChI=1S/C10H20N4O/c1-4-14-10(9(11)8(3)13-14)12-6-7-15-5-2/h12H,4-7,11H2,1-3H3. The molecule has 0 spiro atoms. The SMILES string of the molecule is CCOCCNc1c(N)c(C)nn1CC. The second kappa shape index (κ2) is 5.60. The number of rotatable bonds is 6. The summed E-state index contributed by atoms with van der Waals surface area (Å²) in [6, 6.07) is 0. The first kappa shape index (κ1) is 11.8. The normalized spacial score (nSPS) is 10.6. The number of nitrogen functional groups attached to an aromatic ring is 1. The molecule has 86 valence electrons. The van der Waals surface area contributed by atoms with Crippen LogP contribution in [0.1, 0.15) is 19.5 Å². The van der Waals surface area contributed by atoms with Crippen molar-refractivity contribution in [2.45, 2.75) is 27.3 Å². The molecule has 0 aliphatic rings. The van der Waals surface area contributed by atoms with Gasteiger partial charge < -0.3 is 15.8 Å². The Bertz CT molecular complexity index is 309. The largest absolute Gasteiger partial charge is 0.394 e. The van der Waals surface area contributed by atoms with Crippen molar-refractivity contribution in [3.8, 4) is 0 Å². The van der Waals surface area contributed by atoms with Gasteiger partial charge in [0.05, 0.1) is 18.0 Å². The zero-order valence-electron chi connectivity index (χ0n) is 9.71. The maximum absolute atomic E-state index is 5.91. The molecule has 0 saturated carbocycles. The van der Waals surface area contributed by atoms with Gasteiger partial charge in [0, 0.05) is 19.7 Å². The van der Waals surface area contributed by atoms with Crippen LogP contribution in [0.3, 0.4) is 0 Å². The first-order chi connectivity index (χ1) is 7.20. The summed E-state index contributed by atoms with van der Waals surface area (Å²) in [4.78, 5) is 0. The van der Waals surface area contributed by atoms with Crippen LogP contribution in [-0.4, -0.2) is 29.5 Å². The van der Waals surface area contributed by atoms with Gasteiger partial charge in [-0.15, -0.1) is 0 Å². The van der Waals surface area contributed by atoms with E-state index in [-0.39, 0.29) is 0 Å². The van der Waals surface area contributed by atoms with E-state index in [9.17, 15) is 0 Å². The highest BCUT2D eigenvalue weighted by atomic mass is 16.5. The molecule has 5 nitrogen and oxygen atoms in total. The molecule has 0 aliphatic carbocycles. The molecule has 0 unspecified atom stereocenters. The van der Waals surface area contributed by atoms with Crippen molar-refractivity contribution in [2.24, 2.45) is 0 Å². The van der Waals surface area contributed by atoms with Crippen LogP contribution in [0, 0.1) is 6.92 Å². The van der Waals surface area contributed by atoms with Crippen LogP contribution in [-0.2, 0) is 11.3 Å². The third-order valence-electron chi connectivity index (χ3n) is 2.22. The van der Waals surface area contributed by atoms with Gasteiger partial charge in [0.15, 0.2) is 0 Å². The van der Waals surface area contributed by atoms with Crippen molar-refractivity contribution >= 4 is 11.5 Å². The molecule has 1 aromatic heterocycles. The minimum atomic E-state index is 0.684. The fourth-order valence-corrected chi connectivity index (χ4v) is 1.40. The predicted octanol–water partition coefficient (Wildman–Crippen LogP) is 1.24. The van der Waals surface area contributed by atoms with Crippen LogP contribution in [0.15, 0.2) is 0 Å². The third-order valence-corrected chi connectivity index (χ3v) is 2.22. The molecule has 1 heterocycles. The lowest BCUT2D eigenvalue weighted by atomic mass is 10.4. The molecule has 0 fully saturated rings. The first-order valence-electron chi connectivity index (χ1n) is 5.35. The van der Waals surface area contributed by atoms with Gasteiger partial charge in [-0.2, -0.15) is 5.10 Å². The molecule has 0 saturated heterocycles. The van der Waals surface area contributed by atoms with Crippen LogP contribution < -0.4 is 11.1 Å². The predicted molar refractivity (Wildman–Crippen MR) is 62.0 cm³/mol. The molecule has 0 amide bonds. The van der Waals surface area contributed by atoms with E-state index < -0.39 is 0 Å². The van der Waals surface area contributed by atoms with Crippen LogP contribution >= 0.6 is 0 Å². The summed E-state index contributed by atoms with van der Waals surface area (Å²) in [7, 11) is 0. The first-order valence-corrected chi connectivity index (χ1v) is 5.35. The van der Waals surface area contributed by atoms with Crippen molar-refractivity contribution < 1.29 is 4.74 Å². The van der Waals surface area contributed by atoms with Gasteiger partial charge in [0.1, 0.15) is 5.82 Å². The zero-order chi connectivity index (χ0) is 11.3. The van der Waals surface area contributed by atoms with E-state index in [1.165, 1.54) is 0 Å². The average molecular weight is 212 g/mol. The van der Waals surface area contributed by atoms with Crippen molar-refractivity contribution in [1.29, 1.82) is 0 Å². The summed E-state index contributed by atoms with van der Waals surface area (Å²) in [5.41, 5.74) is 7.51. The van der Waals surface area contributed by atoms with Crippen LogP contribution in [0.5, 0.6) is 0 Å². The van der Waals surface area contributed by atoms with Crippen LogP contribution in [0.4, 0.5) is 11.5 Å². The van der Waals surface area contributed by atoms with Crippen molar-refractivity contribution in [3.05, 3.63) is 5.69 Å². The van der Waals surface area contributed by atoms with E-state index in [0.29, 0.717) is 6.61 Å². The van der Waals surface area contributed by atoms with Crippen molar-refractivity contribution in [2.75, 3.05) is 30.8 Å². The number of nitrogens with two attached hydrogens (primary N) is 1. The molecule has 1 aromatic rings. The number of ether oxygens (including phenoxy) is 1. The second-order valence-electron chi connectivity index (χ2n) is 3.29. The molecular weight excluding hydrogens is 192 g/mol. The number of aromatic nitrogens is 2. The summed E-state index contributed by atoms with van der Waals surface area (Å²) in [5.74, 6) is 0.898. The molecule has 3 N–H and O–H groups in total. The Morgan fingerprint density at radius 1 is 1.47 bits per heavy atom. The maximum atomic E-state index is 5.91. The Labute approximate surface area is 90.6 Å². The van der Waals surface area contributed by atoms with E-state index in [2.05, 4.69) is 10.4 Å². The van der Waals surface area contributed by atoms with Gasteiger partial charge in [-0.1, -0.05) is 0 Å². The Kier molecular flexibility index (Phi) is 4.42. The average Bonchev–Trinajstić information content (AvgIpc) is 2.51. The molecule has 0 atom stereocenters. The maximum Gasteiger partial charge on any atom is 0.148 e. The number of nitrogens with zero attached hydrogens (tertiary/aromatic N) is 2. The van der Waals surface area contributed by atoms with Crippen LogP contribution in [0.25, 0.3) is 0 Å². The molecule has 1 rings (SSSR count). The Hall–Kier alpha value is -1.23. The summed E-state index contributed by atoms with van der Waals surface area (Å²) in [6.07, 6.45) is 0. The number of nitrogens with one attached hydrogen (secondary N) is 1. The summed E-state index contributed by atoms with van der Waals surface area (Å²) < 4.78 is 7.11. The molecule has 15 heavy (non-hydrogen) atoms. The number of hydrogen-bond acceptors (Lipinski definition) is 4. The van der Waals surface area contributed by atoms with Gasteiger partial charge in [-0.25, -0.2) is 4.68 Å². The monoisotopic (exact) mass is 212 g/mol. The van der Waals surface area contributed by atoms with E-state index in [1.807, 2.05) is 25.5 Å². The van der Waals surface area contributed by atoms with E-state index in [4.69, 9.17) is 10.5 Å². The lowest BCUT2D eigenvalue weighted by Crippen LogP contribution is -2.13. The van der Waals surface area contributed by atoms with Gasteiger partial charge in [0.2, 0.25) is 0 Å². The topological polar surface area (TPSA) is 65.1 Å². The fourth-order valence-electron chi connectivity index (χ4n) is 1.40. The molecule has 0 aromatic carbocycles. The highest BCUT2D eigenvalue weighted by Crippen LogP contribution is 2.21. The summed E-state index contributed by atoms with van der Waals surface area (Å²) >= 11 is 0. The van der Waals surface area contributed by atoms with E-state index in [0.717, 1.165) is 36.9 Å². The summed E-state index contributed by atoms with van der Waals surface area (Å²) in [5, 5.41) is 7.55. The highest BCUT2D eigenvalue weighted by Gasteiger charge is 2.09. The number of hydrogen-bond donors (Lipinski definition) is 2. The van der Waals surface area contributed by atoms with E-state index in [1.54, 1.807) is 0 Å². The Morgan fingerprint density at radius 2 is 2.20 bits per heavy atom. The smallest absolute Gasteiger partial charge is 0.148 e. The van der Waals surface area contributed by atoms with E-state index >= 15 is 0 Å². The Morgan fingerprint density at radius 3 is 2.80 bits per heavy atom. The third kappa shape index (κ3) is 2.86. The fraction of sp³-hybridized carbons (Fsp3) is 0.700. The number of anilines is 2. The van der Waals surface area contributed by atoms with Crippen molar-refractivity contribution in [3.63, 3.8) is 0 Å². The lowest BCUT2D eigenvalue weighted by Gasteiger charge is -2.08. The van der Waals surface area contributed by atoms with Gasteiger partial charge in [-0.05, 0) is 20.8 Å². The molecule has 0 radical (unpaired) electrons. The van der Waals surface area contributed by atoms with Crippen LogP contribution in [0.2, 0.25) is 0 Å². The van der Waals surface area contributed by atoms with Gasteiger partial charge in [-0.3, -0.25) is 0 Å². The Balaban J connectivity index is 2.58. The zero-order valence-corrected chi connectivity index (χ0v) is 9.71.